The molecule has 1 aromatic rings. The van der Waals surface area contributed by atoms with Crippen LogP contribution in [-0.4, -0.2) is 38.5 Å². The van der Waals surface area contributed by atoms with Gasteiger partial charge in [0.2, 0.25) is 5.91 Å². The van der Waals surface area contributed by atoms with Crippen LogP contribution in [0, 0.1) is 0 Å². The van der Waals surface area contributed by atoms with Crippen LogP contribution in [0.15, 0.2) is 23.1 Å². The summed E-state index contributed by atoms with van der Waals surface area (Å²) in [6.07, 6.45) is 0. The van der Waals surface area contributed by atoms with Gasteiger partial charge in [-0.2, -0.15) is 0 Å². The minimum absolute atomic E-state index is 0.166. The first kappa shape index (κ1) is 12.0. The molecule has 0 aliphatic carbocycles. The SMILES string of the molecule is CN1C(=O)CSc2cc(C3COCCN3)ccc21. The number of rotatable bonds is 1. The molecule has 1 unspecified atom stereocenters. The minimum Gasteiger partial charge on any atom is -0.378 e. The van der Waals surface area contributed by atoms with Crippen molar-refractivity contribution in [2.24, 2.45) is 0 Å². The number of benzene rings is 1. The molecule has 2 aliphatic rings. The summed E-state index contributed by atoms with van der Waals surface area (Å²) in [7, 11) is 1.84. The predicted molar refractivity (Wildman–Crippen MR) is 72.1 cm³/mol. The van der Waals surface area contributed by atoms with Crippen LogP contribution >= 0.6 is 11.8 Å². The number of fused-ring (bicyclic) bond motifs is 1. The lowest BCUT2D eigenvalue weighted by atomic mass is 10.1. The smallest absolute Gasteiger partial charge is 0.237 e. The second-order valence-corrected chi connectivity index (χ2v) is 5.57. The third-order valence-corrected chi connectivity index (χ3v) is 4.42. The van der Waals surface area contributed by atoms with Crippen LogP contribution in [0.25, 0.3) is 0 Å². The lowest BCUT2D eigenvalue weighted by molar-refractivity contribution is -0.116. The Kier molecular flexibility index (Phi) is 3.28. The Balaban J connectivity index is 1.89. The van der Waals surface area contributed by atoms with Crippen LogP contribution in [0.1, 0.15) is 11.6 Å². The number of anilines is 1. The van der Waals surface area contributed by atoms with E-state index in [0.717, 1.165) is 25.4 Å². The molecule has 4 nitrogen and oxygen atoms in total. The molecule has 1 atom stereocenters. The number of hydrogen-bond donors (Lipinski definition) is 1. The summed E-state index contributed by atoms with van der Waals surface area (Å²) >= 11 is 1.62. The molecule has 18 heavy (non-hydrogen) atoms. The van der Waals surface area contributed by atoms with E-state index in [0.29, 0.717) is 5.75 Å². The van der Waals surface area contributed by atoms with E-state index in [9.17, 15) is 4.79 Å². The first-order valence-corrected chi connectivity index (χ1v) is 7.09. The van der Waals surface area contributed by atoms with Crippen molar-refractivity contribution < 1.29 is 9.53 Å². The summed E-state index contributed by atoms with van der Waals surface area (Å²) in [4.78, 5) is 14.5. The maximum atomic E-state index is 11.6. The standard InChI is InChI=1S/C13H16N2O2S/c1-15-11-3-2-9(10-7-17-5-4-14-10)6-12(11)18-8-13(15)16/h2-3,6,10,14H,4-5,7-8H2,1H3. The first-order valence-electron chi connectivity index (χ1n) is 6.10. The van der Waals surface area contributed by atoms with E-state index >= 15 is 0 Å². The molecule has 1 aromatic carbocycles. The number of carbonyl (C=O) groups is 1. The summed E-state index contributed by atoms with van der Waals surface area (Å²) in [5.41, 5.74) is 2.25. The van der Waals surface area contributed by atoms with Gasteiger partial charge in [0.15, 0.2) is 0 Å². The van der Waals surface area contributed by atoms with Crippen LogP contribution in [-0.2, 0) is 9.53 Å². The number of amides is 1. The molecule has 0 spiro atoms. The maximum Gasteiger partial charge on any atom is 0.237 e. The second-order valence-electron chi connectivity index (χ2n) is 4.55. The summed E-state index contributed by atoms with van der Waals surface area (Å²) in [6.45, 7) is 2.40. The molecule has 1 amide bonds. The van der Waals surface area contributed by atoms with Crippen LogP contribution in [0.3, 0.4) is 0 Å². The predicted octanol–water partition coefficient (Wildman–Crippen LogP) is 1.42. The van der Waals surface area contributed by atoms with Crippen LogP contribution in [0.5, 0.6) is 0 Å². The van der Waals surface area contributed by atoms with Gasteiger partial charge in [-0.25, -0.2) is 0 Å². The lowest BCUT2D eigenvalue weighted by Gasteiger charge is -2.28. The van der Waals surface area contributed by atoms with Crippen LogP contribution in [0.4, 0.5) is 5.69 Å². The Bertz CT molecular complexity index is 472. The van der Waals surface area contributed by atoms with E-state index in [1.54, 1.807) is 16.7 Å². The molecule has 5 heteroatoms. The van der Waals surface area contributed by atoms with Crippen molar-refractivity contribution in [1.29, 1.82) is 0 Å². The summed E-state index contributed by atoms with van der Waals surface area (Å²) in [6, 6.07) is 6.56. The van der Waals surface area contributed by atoms with Crippen LogP contribution < -0.4 is 10.2 Å². The number of nitrogens with zero attached hydrogens (tertiary/aromatic N) is 1. The number of carbonyl (C=O) groups excluding carboxylic acids is 1. The fourth-order valence-electron chi connectivity index (χ4n) is 2.29. The molecule has 1 fully saturated rings. The third kappa shape index (κ3) is 2.13. The zero-order chi connectivity index (χ0) is 12.5. The number of hydrogen-bond acceptors (Lipinski definition) is 4. The van der Waals surface area contributed by atoms with E-state index in [2.05, 4.69) is 17.4 Å². The number of morpholine rings is 1. The maximum absolute atomic E-state index is 11.6. The molecular weight excluding hydrogens is 248 g/mol. The monoisotopic (exact) mass is 264 g/mol. The highest BCUT2D eigenvalue weighted by atomic mass is 32.2. The molecule has 0 saturated carbocycles. The van der Waals surface area contributed by atoms with Gasteiger partial charge in [-0.15, -0.1) is 11.8 Å². The number of ether oxygens (including phenoxy) is 1. The van der Waals surface area contributed by atoms with Crippen molar-refractivity contribution in [2.75, 3.05) is 37.5 Å². The van der Waals surface area contributed by atoms with Crippen molar-refractivity contribution >= 4 is 23.4 Å². The molecule has 2 heterocycles. The highest BCUT2D eigenvalue weighted by molar-refractivity contribution is 8.00. The van der Waals surface area contributed by atoms with Crippen LogP contribution in [0.2, 0.25) is 0 Å². The van der Waals surface area contributed by atoms with Crippen molar-refractivity contribution in [1.82, 2.24) is 5.32 Å². The summed E-state index contributed by atoms with van der Waals surface area (Å²) in [5, 5.41) is 3.45. The third-order valence-electron chi connectivity index (χ3n) is 3.39. The topological polar surface area (TPSA) is 41.6 Å². The largest absolute Gasteiger partial charge is 0.378 e. The zero-order valence-corrected chi connectivity index (χ0v) is 11.1. The Morgan fingerprint density at radius 3 is 3.17 bits per heavy atom. The highest BCUT2D eigenvalue weighted by Crippen LogP contribution is 2.36. The van der Waals surface area contributed by atoms with E-state index in [1.165, 1.54) is 10.5 Å². The number of thioether (sulfide) groups is 1. The molecule has 1 N–H and O–H groups in total. The zero-order valence-electron chi connectivity index (χ0n) is 10.3. The number of nitrogens with one attached hydrogen (secondary N) is 1. The summed E-state index contributed by atoms with van der Waals surface area (Å²) in [5.74, 6) is 0.695. The molecule has 1 saturated heterocycles. The molecule has 0 bridgehead atoms. The van der Waals surface area contributed by atoms with E-state index < -0.39 is 0 Å². The Morgan fingerprint density at radius 1 is 1.50 bits per heavy atom. The highest BCUT2D eigenvalue weighted by Gasteiger charge is 2.23. The van der Waals surface area contributed by atoms with Crippen molar-refractivity contribution in [3.8, 4) is 0 Å². The average Bonchev–Trinajstić information content (AvgIpc) is 2.44. The van der Waals surface area contributed by atoms with Gasteiger partial charge in [0.25, 0.3) is 0 Å². The normalized spacial score (nSPS) is 23.9. The molecule has 0 aromatic heterocycles. The van der Waals surface area contributed by atoms with Crippen molar-refractivity contribution in [2.45, 2.75) is 10.9 Å². The van der Waals surface area contributed by atoms with E-state index in [1.807, 2.05) is 13.1 Å². The fourth-order valence-corrected chi connectivity index (χ4v) is 3.34. The van der Waals surface area contributed by atoms with Crippen molar-refractivity contribution in [3.63, 3.8) is 0 Å². The Morgan fingerprint density at radius 2 is 2.39 bits per heavy atom. The quantitative estimate of drug-likeness (QED) is 0.833. The Hall–Kier alpha value is -1.04. The molecule has 3 rings (SSSR count). The van der Waals surface area contributed by atoms with Gasteiger partial charge in [0.1, 0.15) is 0 Å². The first-order chi connectivity index (χ1) is 8.75. The molecule has 2 aliphatic heterocycles. The van der Waals surface area contributed by atoms with Gasteiger partial charge < -0.3 is 15.0 Å². The van der Waals surface area contributed by atoms with Gasteiger partial charge in [0.05, 0.1) is 30.7 Å². The van der Waals surface area contributed by atoms with E-state index in [4.69, 9.17) is 4.74 Å². The summed E-state index contributed by atoms with van der Waals surface area (Å²) < 4.78 is 5.48. The van der Waals surface area contributed by atoms with E-state index in [-0.39, 0.29) is 11.9 Å². The van der Waals surface area contributed by atoms with Gasteiger partial charge in [-0.1, -0.05) is 6.07 Å². The minimum atomic E-state index is 0.166. The van der Waals surface area contributed by atoms with Gasteiger partial charge in [0, 0.05) is 18.5 Å². The fraction of sp³-hybridized carbons (Fsp3) is 0.462. The van der Waals surface area contributed by atoms with Gasteiger partial charge >= 0.3 is 0 Å². The van der Waals surface area contributed by atoms with Gasteiger partial charge in [-0.3, -0.25) is 4.79 Å². The molecule has 96 valence electrons. The molecular formula is C13H16N2O2S. The van der Waals surface area contributed by atoms with Crippen molar-refractivity contribution in [3.05, 3.63) is 23.8 Å². The second kappa shape index (κ2) is 4.91. The lowest BCUT2D eigenvalue weighted by Crippen LogP contribution is -2.35. The Labute approximate surface area is 111 Å². The average molecular weight is 264 g/mol. The van der Waals surface area contributed by atoms with Gasteiger partial charge in [-0.05, 0) is 17.7 Å². The molecule has 0 radical (unpaired) electrons.